The molecule has 1 N–H and O–H groups in total. The number of hydrogen-bond donors (Lipinski definition) is 1. The number of fused-ring (bicyclic) bond motifs is 1. The highest BCUT2D eigenvalue weighted by Gasteiger charge is 2.37. The highest BCUT2D eigenvalue weighted by atomic mass is 16.5. The number of nitrogens with zero attached hydrogens (tertiary/aromatic N) is 1. The van der Waals surface area contributed by atoms with Crippen molar-refractivity contribution in [3.63, 3.8) is 0 Å². The normalized spacial score (nSPS) is 24.6. The van der Waals surface area contributed by atoms with Crippen LogP contribution in [0, 0.1) is 25.7 Å². The van der Waals surface area contributed by atoms with Crippen LogP contribution in [-0.2, 0) is 4.79 Å². The lowest BCUT2D eigenvalue weighted by Crippen LogP contribution is -2.36. The standard InChI is InChI=1S/C17H20N2O2/c1-11-6-7-12(2)16(8-11)21-10-17(20)19-18-15-9-13-4-3-5-14(13)15/h3-4,6-8,13-14H,5,9-10H2,1-2H3,(H,19,20)/b18-15+/t13-,14-/m0/s1. The molecule has 2 atom stereocenters. The Morgan fingerprint density at radius 3 is 3.10 bits per heavy atom. The molecule has 0 aromatic heterocycles. The van der Waals surface area contributed by atoms with Gasteiger partial charge in [-0.1, -0.05) is 24.3 Å². The highest BCUT2D eigenvalue weighted by Crippen LogP contribution is 2.39. The summed E-state index contributed by atoms with van der Waals surface area (Å²) in [6.07, 6.45) is 6.47. The maximum atomic E-state index is 11.8. The summed E-state index contributed by atoms with van der Waals surface area (Å²) in [6, 6.07) is 5.95. The number of ether oxygens (including phenoxy) is 1. The number of benzene rings is 1. The van der Waals surface area contributed by atoms with E-state index in [4.69, 9.17) is 4.74 Å². The van der Waals surface area contributed by atoms with E-state index in [1.54, 1.807) is 0 Å². The molecular formula is C17H20N2O2. The van der Waals surface area contributed by atoms with Crippen molar-refractivity contribution in [2.75, 3.05) is 6.61 Å². The van der Waals surface area contributed by atoms with Crippen molar-refractivity contribution in [2.45, 2.75) is 26.7 Å². The van der Waals surface area contributed by atoms with Gasteiger partial charge in [0.1, 0.15) is 5.75 Å². The van der Waals surface area contributed by atoms with Gasteiger partial charge in [-0.2, -0.15) is 5.10 Å². The van der Waals surface area contributed by atoms with E-state index in [0.29, 0.717) is 11.8 Å². The van der Waals surface area contributed by atoms with Crippen LogP contribution in [0.1, 0.15) is 24.0 Å². The van der Waals surface area contributed by atoms with Crippen LogP contribution in [0.3, 0.4) is 0 Å². The summed E-state index contributed by atoms with van der Waals surface area (Å²) in [7, 11) is 0. The third-order valence-corrected chi connectivity index (χ3v) is 4.19. The molecule has 0 unspecified atom stereocenters. The van der Waals surface area contributed by atoms with Crippen LogP contribution in [0.25, 0.3) is 0 Å². The predicted octanol–water partition coefficient (Wildman–Crippen LogP) is 2.75. The number of carbonyl (C=O) groups excluding carboxylic acids is 1. The second-order valence-corrected chi connectivity index (χ2v) is 5.83. The summed E-state index contributed by atoms with van der Waals surface area (Å²) in [5.74, 6) is 1.70. The third kappa shape index (κ3) is 2.99. The largest absolute Gasteiger partial charge is 0.483 e. The van der Waals surface area contributed by atoms with Crippen molar-refractivity contribution in [3.05, 3.63) is 41.5 Å². The Balaban J connectivity index is 1.49. The number of amides is 1. The van der Waals surface area contributed by atoms with Crippen LogP contribution in [0.2, 0.25) is 0 Å². The monoisotopic (exact) mass is 284 g/mol. The van der Waals surface area contributed by atoms with Crippen molar-refractivity contribution < 1.29 is 9.53 Å². The van der Waals surface area contributed by atoms with Gasteiger partial charge >= 0.3 is 0 Å². The summed E-state index contributed by atoms with van der Waals surface area (Å²) < 4.78 is 5.56. The molecule has 4 nitrogen and oxygen atoms in total. The number of allylic oxidation sites excluding steroid dienone is 2. The van der Waals surface area contributed by atoms with Crippen molar-refractivity contribution in [1.29, 1.82) is 0 Å². The van der Waals surface area contributed by atoms with Gasteiger partial charge in [0, 0.05) is 11.6 Å². The minimum atomic E-state index is -0.210. The minimum absolute atomic E-state index is 0.00653. The lowest BCUT2D eigenvalue weighted by atomic mass is 9.74. The molecule has 0 heterocycles. The first-order chi connectivity index (χ1) is 10.1. The number of hydrogen-bond acceptors (Lipinski definition) is 3. The molecular weight excluding hydrogens is 264 g/mol. The molecule has 2 aliphatic carbocycles. The van der Waals surface area contributed by atoms with E-state index in [-0.39, 0.29) is 12.5 Å². The Hall–Kier alpha value is -2.10. The van der Waals surface area contributed by atoms with Gasteiger partial charge in [-0.25, -0.2) is 5.43 Å². The second-order valence-electron chi connectivity index (χ2n) is 5.83. The van der Waals surface area contributed by atoms with E-state index in [0.717, 1.165) is 35.4 Å². The SMILES string of the molecule is Cc1ccc(C)c(OCC(=O)N/N=C2\C[C@@H]3C=CC[C@H]23)c1. The van der Waals surface area contributed by atoms with Gasteiger partial charge in [-0.15, -0.1) is 0 Å². The van der Waals surface area contributed by atoms with Gasteiger partial charge in [0.05, 0.1) is 0 Å². The number of hydrazone groups is 1. The molecule has 0 bridgehead atoms. The number of carbonyl (C=O) groups is 1. The first-order valence-corrected chi connectivity index (χ1v) is 7.35. The van der Waals surface area contributed by atoms with Crippen LogP contribution in [-0.4, -0.2) is 18.2 Å². The van der Waals surface area contributed by atoms with E-state index in [2.05, 4.69) is 22.7 Å². The predicted molar refractivity (Wildman–Crippen MR) is 82.3 cm³/mol. The van der Waals surface area contributed by atoms with Gasteiger partial charge < -0.3 is 4.74 Å². The molecule has 0 aliphatic heterocycles. The van der Waals surface area contributed by atoms with Crippen LogP contribution < -0.4 is 10.2 Å². The molecule has 0 spiro atoms. The van der Waals surface area contributed by atoms with E-state index >= 15 is 0 Å². The first-order valence-electron chi connectivity index (χ1n) is 7.35. The molecule has 0 radical (unpaired) electrons. The van der Waals surface area contributed by atoms with Crippen molar-refractivity contribution in [2.24, 2.45) is 16.9 Å². The fraction of sp³-hybridized carbons (Fsp3) is 0.412. The molecule has 1 fully saturated rings. The van der Waals surface area contributed by atoms with E-state index in [9.17, 15) is 4.79 Å². The summed E-state index contributed by atoms with van der Waals surface area (Å²) >= 11 is 0. The zero-order valence-corrected chi connectivity index (χ0v) is 12.4. The van der Waals surface area contributed by atoms with E-state index < -0.39 is 0 Å². The molecule has 110 valence electrons. The third-order valence-electron chi connectivity index (χ3n) is 4.19. The molecule has 1 saturated carbocycles. The maximum absolute atomic E-state index is 11.8. The van der Waals surface area contributed by atoms with Gasteiger partial charge in [-0.05, 0) is 49.8 Å². The zero-order chi connectivity index (χ0) is 14.8. The minimum Gasteiger partial charge on any atom is -0.483 e. The summed E-state index contributed by atoms with van der Waals surface area (Å²) in [6.45, 7) is 3.96. The Labute approximate surface area is 124 Å². The lowest BCUT2D eigenvalue weighted by molar-refractivity contribution is -0.123. The lowest BCUT2D eigenvalue weighted by Gasteiger charge is -2.31. The van der Waals surface area contributed by atoms with Crippen LogP contribution in [0.15, 0.2) is 35.5 Å². The molecule has 3 rings (SSSR count). The molecule has 1 amide bonds. The van der Waals surface area contributed by atoms with E-state index in [1.807, 2.05) is 32.0 Å². The van der Waals surface area contributed by atoms with Crippen molar-refractivity contribution in [3.8, 4) is 5.75 Å². The van der Waals surface area contributed by atoms with Crippen LogP contribution in [0.4, 0.5) is 0 Å². The first kappa shape index (κ1) is 13.9. The fourth-order valence-electron chi connectivity index (χ4n) is 2.84. The quantitative estimate of drug-likeness (QED) is 0.682. The van der Waals surface area contributed by atoms with Gasteiger partial charge in [0.2, 0.25) is 0 Å². The van der Waals surface area contributed by atoms with Crippen molar-refractivity contribution in [1.82, 2.24) is 5.43 Å². The Morgan fingerprint density at radius 1 is 1.43 bits per heavy atom. The average molecular weight is 284 g/mol. The zero-order valence-electron chi connectivity index (χ0n) is 12.4. The number of aryl methyl sites for hydroxylation is 2. The average Bonchev–Trinajstić information content (AvgIpc) is 2.81. The maximum Gasteiger partial charge on any atom is 0.277 e. The van der Waals surface area contributed by atoms with Gasteiger partial charge in [0.15, 0.2) is 6.61 Å². The smallest absolute Gasteiger partial charge is 0.277 e. The Morgan fingerprint density at radius 2 is 2.29 bits per heavy atom. The van der Waals surface area contributed by atoms with Gasteiger partial charge in [-0.3, -0.25) is 4.79 Å². The molecule has 0 saturated heterocycles. The Bertz CT molecular complexity index is 619. The van der Waals surface area contributed by atoms with E-state index in [1.165, 1.54) is 0 Å². The molecule has 2 aliphatic rings. The van der Waals surface area contributed by atoms with Crippen LogP contribution in [0.5, 0.6) is 5.75 Å². The summed E-state index contributed by atoms with van der Waals surface area (Å²) in [4.78, 5) is 11.8. The summed E-state index contributed by atoms with van der Waals surface area (Å²) in [5, 5.41) is 4.22. The number of rotatable bonds is 4. The second kappa shape index (κ2) is 5.72. The van der Waals surface area contributed by atoms with Crippen LogP contribution >= 0.6 is 0 Å². The molecule has 21 heavy (non-hydrogen) atoms. The topological polar surface area (TPSA) is 50.7 Å². The molecule has 1 aromatic rings. The molecule has 1 aromatic carbocycles. The molecule has 4 heteroatoms. The number of nitrogens with one attached hydrogen (secondary N) is 1. The highest BCUT2D eigenvalue weighted by molar-refractivity contribution is 5.94. The van der Waals surface area contributed by atoms with Crippen molar-refractivity contribution >= 4 is 11.6 Å². The Kier molecular flexibility index (Phi) is 3.78. The summed E-state index contributed by atoms with van der Waals surface area (Å²) in [5.41, 5.74) is 5.84. The van der Waals surface area contributed by atoms with Gasteiger partial charge in [0.25, 0.3) is 5.91 Å². The fourth-order valence-corrected chi connectivity index (χ4v) is 2.84.